The minimum Gasteiger partial charge on any atom is -0.393 e. The van der Waals surface area contributed by atoms with E-state index >= 15 is 0 Å². The molecular weight excluding hydrogens is 292 g/mol. The van der Waals surface area contributed by atoms with Gasteiger partial charge in [-0.1, -0.05) is 0 Å². The summed E-state index contributed by atoms with van der Waals surface area (Å²) in [7, 11) is 0. The van der Waals surface area contributed by atoms with Crippen molar-refractivity contribution in [3.05, 3.63) is 58.6 Å². The normalized spacial score (nSPS) is 12.3. The highest BCUT2D eigenvalue weighted by Crippen LogP contribution is 2.11. The highest BCUT2D eigenvalue weighted by molar-refractivity contribution is 9.10. The summed E-state index contributed by atoms with van der Waals surface area (Å²) in [6, 6.07) is 7.83. The number of rotatable bonds is 5. The lowest BCUT2D eigenvalue weighted by Gasteiger charge is -2.10. The Hall–Kier alpha value is -1.26. The molecule has 0 bridgehead atoms. The van der Waals surface area contributed by atoms with Crippen molar-refractivity contribution in [2.75, 3.05) is 0 Å². The van der Waals surface area contributed by atoms with Crippen LogP contribution in [0.15, 0.2) is 47.3 Å². The average molecular weight is 307 g/mol. The van der Waals surface area contributed by atoms with Crippen LogP contribution in [0.5, 0.6) is 0 Å². The summed E-state index contributed by atoms with van der Waals surface area (Å²) >= 11 is 3.34. The molecule has 2 rings (SSSR count). The highest BCUT2D eigenvalue weighted by atomic mass is 79.9. The maximum Gasteiger partial charge on any atom is 0.0598 e. The molecule has 0 amide bonds. The van der Waals surface area contributed by atoms with Crippen LogP contribution in [0.25, 0.3) is 0 Å². The molecule has 2 aromatic rings. The first kappa shape index (κ1) is 13.2. The van der Waals surface area contributed by atoms with E-state index in [2.05, 4.69) is 25.9 Å². The molecule has 0 radical (unpaired) electrons. The molecule has 1 atom stereocenters. The fourth-order valence-electron chi connectivity index (χ4n) is 1.75. The van der Waals surface area contributed by atoms with E-state index in [1.165, 1.54) is 5.56 Å². The number of aliphatic hydroxyl groups excluding tert-OH is 1. The van der Waals surface area contributed by atoms with Crippen molar-refractivity contribution in [2.24, 2.45) is 0 Å². The van der Waals surface area contributed by atoms with Crippen LogP contribution in [0.2, 0.25) is 0 Å². The summed E-state index contributed by atoms with van der Waals surface area (Å²) in [5, 5.41) is 9.97. The smallest absolute Gasteiger partial charge is 0.0598 e. The standard InChI is InChI=1S/C14H15BrN2O/c15-12-2-3-13(17-10-12)9-14(18)4-1-11-5-7-16-8-6-11/h2-3,5-8,10,14,18H,1,4,9H2. The number of hydrogen-bond donors (Lipinski definition) is 1. The fraction of sp³-hybridized carbons (Fsp3) is 0.286. The van der Waals surface area contributed by atoms with Crippen LogP contribution in [0, 0.1) is 0 Å². The van der Waals surface area contributed by atoms with Gasteiger partial charge in [-0.3, -0.25) is 9.97 Å². The number of pyridine rings is 2. The van der Waals surface area contributed by atoms with E-state index in [4.69, 9.17) is 0 Å². The first-order valence-electron chi connectivity index (χ1n) is 5.91. The molecule has 0 saturated carbocycles. The van der Waals surface area contributed by atoms with Gasteiger partial charge in [0.15, 0.2) is 0 Å². The third-order valence-electron chi connectivity index (χ3n) is 2.75. The van der Waals surface area contributed by atoms with Gasteiger partial charge < -0.3 is 5.11 Å². The average Bonchev–Trinajstić information content (AvgIpc) is 2.40. The Morgan fingerprint density at radius 2 is 1.94 bits per heavy atom. The maximum atomic E-state index is 9.97. The van der Waals surface area contributed by atoms with Crippen molar-refractivity contribution in [1.82, 2.24) is 9.97 Å². The molecule has 0 aromatic carbocycles. The first-order chi connectivity index (χ1) is 8.74. The summed E-state index contributed by atoms with van der Waals surface area (Å²) in [6.45, 7) is 0. The predicted octanol–water partition coefficient (Wildman–Crippen LogP) is 2.78. The van der Waals surface area contributed by atoms with Gasteiger partial charge in [0.1, 0.15) is 0 Å². The summed E-state index contributed by atoms with van der Waals surface area (Å²) in [5.74, 6) is 0. The van der Waals surface area contributed by atoms with Gasteiger partial charge in [0.25, 0.3) is 0 Å². The van der Waals surface area contributed by atoms with E-state index in [1.54, 1.807) is 18.6 Å². The Bertz CT molecular complexity index is 473. The zero-order chi connectivity index (χ0) is 12.8. The third kappa shape index (κ3) is 4.20. The van der Waals surface area contributed by atoms with Crippen molar-refractivity contribution in [2.45, 2.75) is 25.4 Å². The molecule has 0 fully saturated rings. The Balaban J connectivity index is 1.82. The van der Waals surface area contributed by atoms with Gasteiger partial charge in [-0.15, -0.1) is 0 Å². The fourth-order valence-corrected chi connectivity index (χ4v) is 1.99. The number of hydrogen-bond acceptors (Lipinski definition) is 3. The predicted molar refractivity (Wildman–Crippen MR) is 74.2 cm³/mol. The number of aliphatic hydroxyl groups is 1. The lowest BCUT2D eigenvalue weighted by atomic mass is 10.0. The molecule has 0 aliphatic carbocycles. The molecular formula is C14H15BrN2O. The Morgan fingerprint density at radius 3 is 2.61 bits per heavy atom. The van der Waals surface area contributed by atoms with E-state index < -0.39 is 0 Å². The number of nitrogens with zero attached hydrogens (tertiary/aromatic N) is 2. The lowest BCUT2D eigenvalue weighted by molar-refractivity contribution is 0.164. The van der Waals surface area contributed by atoms with Gasteiger partial charge in [0, 0.05) is 35.2 Å². The molecule has 0 aliphatic heterocycles. The maximum absolute atomic E-state index is 9.97. The van der Waals surface area contributed by atoms with Gasteiger partial charge in [-0.05, 0) is 58.6 Å². The van der Waals surface area contributed by atoms with Crippen LogP contribution in [0.1, 0.15) is 17.7 Å². The SMILES string of the molecule is OC(CCc1ccncc1)Cc1ccc(Br)cn1. The van der Waals surface area contributed by atoms with E-state index in [1.807, 2.05) is 24.3 Å². The summed E-state index contributed by atoms with van der Waals surface area (Å²) < 4.78 is 0.956. The molecule has 0 saturated heterocycles. The minimum atomic E-state index is -0.355. The molecule has 4 heteroatoms. The number of aryl methyl sites for hydroxylation is 1. The molecule has 1 N–H and O–H groups in total. The third-order valence-corrected chi connectivity index (χ3v) is 3.22. The van der Waals surface area contributed by atoms with E-state index in [0.717, 1.165) is 23.0 Å². The second kappa shape index (κ2) is 6.61. The van der Waals surface area contributed by atoms with Crippen LogP contribution in [-0.4, -0.2) is 21.2 Å². The lowest BCUT2D eigenvalue weighted by Crippen LogP contribution is -2.12. The molecule has 2 aromatic heterocycles. The van der Waals surface area contributed by atoms with Crippen LogP contribution < -0.4 is 0 Å². The Kier molecular flexibility index (Phi) is 4.84. The van der Waals surface area contributed by atoms with Gasteiger partial charge in [-0.2, -0.15) is 0 Å². The van der Waals surface area contributed by atoms with Crippen LogP contribution >= 0.6 is 15.9 Å². The largest absolute Gasteiger partial charge is 0.393 e. The van der Waals surface area contributed by atoms with E-state index in [0.29, 0.717) is 6.42 Å². The molecule has 94 valence electrons. The minimum absolute atomic E-state index is 0.355. The van der Waals surface area contributed by atoms with Crippen molar-refractivity contribution in [3.63, 3.8) is 0 Å². The second-order valence-electron chi connectivity index (χ2n) is 4.22. The van der Waals surface area contributed by atoms with Crippen LogP contribution in [-0.2, 0) is 12.8 Å². The highest BCUT2D eigenvalue weighted by Gasteiger charge is 2.07. The van der Waals surface area contributed by atoms with Crippen LogP contribution in [0.4, 0.5) is 0 Å². The summed E-state index contributed by atoms with van der Waals surface area (Å²) in [4.78, 5) is 8.23. The van der Waals surface area contributed by atoms with Crippen LogP contribution in [0.3, 0.4) is 0 Å². The number of halogens is 1. The van der Waals surface area contributed by atoms with E-state index in [-0.39, 0.29) is 6.10 Å². The zero-order valence-corrected chi connectivity index (χ0v) is 11.5. The molecule has 1 unspecified atom stereocenters. The van der Waals surface area contributed by atoms with Gasteiger partial charge in [-0.25, -0.2) is 0 Å². The Labute approximate surface area is 115 Å². The number of aromatic nitrogens is 2. The van der Waals surface area contributed by atoms with Gasteiger partial charge >= 0.3 is 0 Å². The molecule has 2 heterocycles. The molecule has 18 heavy (non-hydrogen) atoms. The second-order valence-corrected chi connectivity index (χ2v) is 5.14. The summed E-state index contributed by atoms with van der Waals surface area (Å²) in [5.41, 5.74) is 2.12. The van der Waals surface area contributed by atoms with Crippen molar-refractivity contribution in [3.8, 4) is 0 Å². The Morgan fingerprint density at radius 1 is 1.17 bits per heavy atom. The summed E-state index contributed by atoms with van der Waals surface area (Å²) in [6.07, 6.45) is 7.15. The molecule has 3 nitrogen and oxygen atoms in total. The molecule has 0 spiro atoms. The van der Waals surface area contributed by atoms with Crippen molar-refractivity contribution >= 4 is 15.9 Å². The van der Waals surface area contributed by atoms with E-state index in [9.17, 15) is 5.11 Å². The quantitative estimate of drug-likeness (QED) is 0.924. The van der Waals surface area contributed by atoms with Gasteiger partial charge in [0.05, 0.1) is 6.10 Å². The monoisotopic (exact) mass is 306 g/mol. The zero-order valence-electron chi connectivity index (χ0n) is 9.96. The topological polar surface area (TPSA) is 46.0 Å². The molecule has 0 aliphatic rings. The van der Waals surface area contributed by atoms with Crippen molar-refractivity contribution < 1.29 is 5.11 Å². The first-order valence-corrected chi connectivity index (χ1v) is 6.71. The van der Waals surface area contributed by atoms with Gasteiger partial charge in [0.2, 0.25) is 0 Å². The van der Waals surface area contributed by atoms with Crippen molar-refractivity contribution in [1.29, 1.82) is 0 Å².